The van der Waals surface area contributed by atoms with Gasteiger partial charge in [-0.25, -0.2) is 8.42 Å². The highest BCUT2D eigenvalue weighted by molar-refractivity contribution is 7.88. The molecule has 21 heavy (non-hydrogen) atoms. The quantitative estimate of drug-likeness (QED) is 0.789. The molecule has 0 aromatic heterocycles. The van der Waals surface area contributed by atoms with Crippen molar-refractivity contribution in [1.29, 1.82) is 0 Å². The van der Waals surface area contributed by atoms with Gasteiger partial charge in [0.25, 0.3) is 0 Å². The van der Waals surface area contributed by atoms with Crippen molar-refractivity contribution in [3.8, 4) is 0 Å². The van der Waals surface area contributed by atoms with Crippen molar-refractivity contribution in [3.05, 3.63) is 35.9 Å². The lowest BCUT2D eigenvalue weighted by Crippen LogP contribution is -2.44. The summed E-state index contributed by atoms with van der Waals surface area (Å²) in [6, 6.07) is 9.65. The highest BCUT2D eigenvalue weighted by Crippen LogP contribution is 2.08. The van der Waals surface area contributed by atoms with Crippen molar-refractivity contribution in [2.75, 3.05) is 19.3 Å². The molecular weight excluding hydrogens is 288 g/mol. The smallest absolute Gasteiger partial charge is 0.235 e. The molecule has 0 aliphatic rings. The summed E-state index contributed by atoms with van der Waals surface area (Å²) in [6.07, 6.45) is 2.54. The first-order chi connectivity index (χ1) is 9.84. The molecule has 0 radical (unpaired) electrons. The van der Waals surface area contributed by atoms with E-state index in [9.17, 15) is 13.2 Å². The third-order valence-corrected chi connectivity index (χ3v) is 4.73. The maximum absolute atomic E-state index is 11.9. The molecule has 1 aromatic rings. The van der Waals surface area contributed by atoms with E-state index in [2.05, 4.69) is 5.32 Å². The lowest BCUT2D eigenvalue weighted by Gasteiger charge is -2.25. The number of amides is 1. The van der Waals surface area contributed by atoms with Crippen molar-refractivity contribution in [2.45, 2.75) is 32.7 Å². The van der Waals surface area contributed by atoms with Crippen molar-refractivity contribution in [1.82, 2.24) is 9.62 Å². The van der Waals surface area contributed by atoms with E-state index >= 15 is 0 Å². The molecule has 5 nitrogen and oxygen atoms in total. The lowest BCUT2D eigenvalue weighted by atomic mass is 10.1. The molecule has 1 rings (SSSR count). The first-order valence-electron chi connectivity index (χ1n) is 7.12. The van der Waals surface area contributed by atoms with Crippen LogP contribution < -0.4 is 5.32 Å². The molecule has 0 bridgehead atoms. The number of carbonyl (C=O) groups excluding carboxylic acids is 1. The van der Waals surface area contributed by atoms with Gasteiger partial charge in [0, 0.05) is 12.6 Å². The van der Waals surface area contributed by atoms with Crippen LogP contribution in [0.2, 0.25) is 0 Å². The molecule has 0 aliphatic heterocycles. The molecule has 0 spiro atoms. The molecule has 1 aromatic carbocycles. The van der Waals surface area contributed by atoms with Gasteiger partial charge in [-0.2, -0.15) is 4.31 Å². The number of hydrogen-bond acceptors (Lipinski definition) is 3. The van der Waals surface area contributed by atoms with E-state index in [0.717, 1.165) is 18.2 Å². The van der Waals surface area contributed by atoms with E-state index in [1.165, 1.54) is 4.31 Å². The molecule has 1 amide bonds. The molecule has 6 heteroatoms. The standard InChI is InChI=1S/C15H24N2O3S/c1-4-13(2)17(21(3,19)20)12-15(18)16-11-10-14-8-6-5-7-9-14/h5-9,13H,4,10-12H2,1-3H3,(H,16,18). The average molecular weight is 312 g/mol. The minimum Gasteiger partial charge on any atom is -0.355 e. The Morgan fingerprint density at radius 1 is 1.29 bits per heavy atom. The molecular formula is C15H24N2O3S. The number of carbonyl (C=O) groups is 1. The van der Waals surface area contributed by atoms with Crippen LogP contribution in [-0.2, 0) is 21.2 Å². The summed E-state index contributed by atoms with van der Waals surface area (Å²) in [7, 11) is -3.38. The lowest BCUT2D eigenvalue weighted by molar-refractivity contribution is -0.121. The average Bonchev–Trinajstić information content (AvgIpc) is 2.44. The molecule has 0 saturated heterocycles. The highest BCUT2D eigenvalue weighted by Gasteiger charge is 2.24. The van der Waals surface area contributed by atoms with Gasteiger partial charge in [0.15, 0.2) is 0 Å². The summed E-state index contributed by atoms with van der Waals surface area (Å²) in [5.74, 6) is -0.267. The summed E-state index contributed by atoms with van der Waals surface area (Å²) < 4.78 is 24.7. The number of nitrogens with one attached hydrogen (secondary N) is 1. The van der Waals surface area contributed by atoms with Crippen LogP contribution in [0.25, 0.3) is 0 Å². The number of benzene rings is 1. The van der Waals surface area contributed by atoms with Crippen molar-refractivity contribution in [3.63, 3.8) is 0 Å². The largest absolute Gasteiger partial charge is 0.355 e. The summed E-state index contributed by atoms with van der Waals surface area (Å²) in [4.78, 5) is 11.9. The van der Waals surface area contributed by atoms with Gasteiger partial charge in [0.2, 0.25) is 15.9 Å². The fraction of sp³-hybridized carbons (Fsp3) is 0.533. The number of sulfonamides is 1. The second kappa shape index (κ2) is 8.14. The van der Waals surface area contributed by atoms with Crippen LogP contribution in [0.4, 0.5) is 0 Å². The van der Waals surface area contributed by atoms with Gasteiger partial charge in [0.05, 0.1) is 12.8 Å². The van der Waals surface area contributed by atoms with Crippen LogP contribution >= 0.6 is 0 Å². The van der Waals surface area contributed by atoms with Gasteiger partial charge in [-0.1, -0.05) is 37.3 Å². The number of hydrogen-bond donors (Lipinski definition) is 1. The molecule has 0 aliphatic carbocycles. The van der Waals surface area contributed by atoms with Crippen LogP contribution in [0, 0.1) is 0 Å². The normalized spacial score (nSPS) is 13.1. The van der Waals surface area contributed by atoms with Gasteiger partial charge in [0.1, 0.15) is 0 Å². The third kappa shape index (κ3) is 6.27. The topological polar surface area (TPSA) is 66.5 Å². The van der Waals surface area contributed by atoms with Crippen LogP contribution in [0.5, 0.6) is 0 Å². The summed E-state index contributed by atoms with van der Waals surface area (Å²) in [5, 5.41) is 2.77. The molecule has 118 valence electrons. The molecule has 0 heterocycles. The predicted octanol–water partition coefficient (Wildman–Crippen LogP) is 1.41. The van der Waals surface area contributed by atoms with Crippen LogP contribution in [-0.4, -0.2) is 44.0 Å². The molecule has 1 atom stereocenters. The fourth-order valence-electron chi connectivity index (χ4n) is 1.99. The first kappa shape index (κ1) is 17.7. The predicted molar refractivity (Wildman–Crippen MR) is 84.5 cm³/mol. The van der Waals surface area contributed by atoms with Crippen molar-refractivity contribution < 1.29 is 13.2 Å². The third-order valence-electron chi connectivity index (χ3n) is 3.39. The Morgan fingerprint density at radius 2 is 1.90 bits per heavy atom. The van der Waals surface area contributed by atoms with E-state index in [-0.39, 0.29) is 18.5 Å². The van der Waals surface area contributed by atoms with E-state index in [1.807, 2.05) is 37.3 Å². The highest BCUT2D eigenvalue weighted by atomic mass is 32.2. The van der Waals surface area contributed by atoms with Gasteiger partial charge in [-0.15, -0.1) is 0 Å². The summed E-state index contributed by atoms with van der Waals surface area (Å²) in [5.41, 5.74) is 1.14. The summed E-state index contributed by atoms with van der Waals surface area (Å²) in [6.45, 7) is 4.08. The zero-order chi connectivity index (χ0) is 15.9. The Labute approximate surface area is 127 Å². The van der Waals surface area contributed by atoms with E-state index in [4.69, 9.17) is 0 Å². The monoisotopic (exact) mass is 312 g/mol. The van der Waals surface area contributed by atoms with E-state index < -0.39 is 10.0 Å². The Balaban J connectivity index is 2.48. The van der Waals surface area contributed by atoms with Crippen LogP contribution in [0.15, 0.2) is 30.3 Å². The summed E-state index contributed by atoms with van der Waals surface area (Å²) >= 11 is 0. The Morgan fingerprint density at radius 3 is 2.43 bits per heavy atom. The first-order valence-corrected chi connectivity index (χ1v) is 8.97. The minimum absolute atomic E-state index is 0.122. The molecule has 0 saturated carbocycles. The number of nitrogens with zero attached hydrogens (tertiary/aromatic N) is 1. The Bertz CT molecular complexity index is 543. The van der Waals surface area contributed by atoms with Crippen molar-refractivity contribution >= 4 is 15.9 Å². The SMILES string of the molecule is CCC(C)N(CC(=O)NCCc1ccccc1)S(C)(=O)=O. The Hall–Kier alpha value is -1.40. The fourth-order valence-corrected chi connectivity index (χ4v) is 3.15. The van der Waals surface area contributed by atoms with Gasteiger partial charge < -0.3 is 5.32 Å². The second-order valence-corrected chi connectivity index (χ2v) is 7.09. The maximum atomic E-state index is 11.9. The minimum atomic E-state index is -3.38. The molecule has 0 fully saturated rings. The van der Waals surface area contributed by atoms with E-state index in [0.29, 0.717) is 13.0 Å². The van der Waals surface area contributed by atoms with Crippen LogP contribution in [0.1, 0.15) is 25.8 Å². The zero-order valence-corrected chi connectivity index (χ0v) is 13.7. The van der Waals surface area contributed by atoms with E-state index in [1.54, 1.807) is 6.92 Å². The maximum Gasteiger partial charge on any atom is 0.235 e. The van der Waals surface area contributed by atoms with Crippen LogP contribution in [0.3, 0.4) is 0 Å². The second-order valence-electron chi connectivity index (χ2n) is 5.15. The zero-order valence-electron chi connectivity index (χ0n) is 12.9. The molecule has 1 N–H and O–H groups in total. The molecule has 1 unspecified atom stereocenters. The van der Waals surface area contributed by atoms with Gasteiger partial charge >= 0.3 is 0 Å². The Kier molecular flexibility index (Phi) is 6.84. The van der Waals surface area contributed by atoms with Gasteiger partial charge in [-0.3, -0.25) is 4.79 Å². The van der Waals surface area contributed by atoms with Crippen molar-refractivity contribution in [2.24, 2.45) is 0 Å². The number of rotatable bonds is 8. The van der Waals surface area contributed by atoms with Gasteiger partial charge in [-0.05, 0) is 25.3 Å².